The minimum atomic E-state index is -3.30. The fourth-order valence-electron chi connectivity index (χ4n) is 2.48. The molecule has 2 aromatic carbocycles. The van der Waals surface area contributed by atoms with Crippen LogP contribution in [0.1, 0.15) is 11.1 Å². The number of anilines is 1. The van der Waals surface area contributed by atoms with Crippen LogP contribution in [0.2, 0.25) is 5.02 Å². The third-order valence-corrected chi connectivity index (χ3v) is 4.59. The van der Waals surface area contributed by atoms with Gasteiger partial charge in [-0.3, -0.25) is 9.71 Å². The Kier molecular flexibility index (Phi) is 6.88. The number of rotatable bonds is 6. The largest absolute Gasteiger partial charge is 0.352 e. The van der Waals surface area contributed by atoms with Crippen LogP contribution >= 0.6 is 11.6 Å². The molecule has 2 N–H and O–H groups in total. The maximum atomic E-state index is 11.4. The molecule has 0 saturated heterocycles. The van der Waals surface area contributed by atoms with E-state index in [2.05, 4.69) is 15.0 Å². The molecule has 0 aliphatic rings. The van der Waals surface area contributed by atoms with Gasteiger partial charge in [-0.15, -0.1) is 0 Å². The van der Waals surface area contributed by atoms with Crippen molar-refractivity contribution >= 4 is 33.3 Å². The Balaban J connectivity index is 2.00. The van der Waals surface area contributed by atoms with Crippen LogP contribution in [0.3, 0.4) is 0 Å². The van der Waals surface area contributed by atoms with Gasteiger partial charge in [0.2, 0.25) is 10.0 Å². The number of hydrogen-bond acceptors (Lipinski definition) is 3. The van der Waals surface area contributed by atoms with Crippen LogP contribution in [0.4, 0.5) is 5.69 Å². The summed E-state index contributed by atoms with van der Waals surface area (Å²) in [6, 6.07) is 14.9. The van der Waals surface area contributed by atoms with E-state index in [1.807, 2.05) is 42.3 Å². The van der Waals surface area contributed by atoms with Crippen molar-refractivity contribution in [2.75, 3.05) is 25.1 Å². The lowest BCUT2D eigenvalue weighted by atomic mass is 10.2. The fraction of sp³-hybridized carbons (Fsp3) is 0.278. The molecule has 0 aliphatic carbocycles. The van der Waals surface area contributed by atoms with E-state index in [9.17, 15) is 8.42 Å². The molecule has 6 nitrogen and oxygen atoms in total. The normalized spacial score (nSPS) is 11.9. The van der Waals surface area contributed by atoms with Gasteiger partial charge in [0.15, 0.2) is 5.96 Å². The lowest BCUT2D eigenvalue weighted by Crippen LogP contribution is -2.38. The summed E-state index contributed by atoms with van der Waals surface area (Å²) in [5.41, 5.74) is 2.48. The van der Waals surface area contributed by atoms with Crippen molar-refractivity contribution in [3.63, 3.8) is 0 Å². The van der Waals surface area contributed by atoms with Gasteiger partial charge in [-0.1, -0.05) is 41.9 Å². The first kappa shape index (κ1) is 20.1. The molecule has 2 aromatic rings. The van der Waals surface area contributed by atoms with Crippen molar-refractivity contribution in [3.05, 3.63) is 64.7 Å². The van der Waals surface area contributed by atoms with Crippen molar-refractivity contribution in [1.29, 1.82) is 0 Å². The van der Waals surface area contributed by atoms with Crippen LogP contribution in [0, 0.1) is 0 Å². The summed E-state index contributed by atoms with van der Waals surface area (Å²) in [6.07, 6.45) is 1.13. The smallest absolute Gasteiger partial charge is 0.229 e. The van der Waals surface area contributed by atoms with Crippen molar-refractivity contribution in [3.8, 4) is 0 Å². The second kappa shape index (κ2) is 8.91. The highest BCUT2D eigenvalue weighted by molar-refractivity contribution is 7.92. The molecule has 0 saturated carbocycles. The first-order chi connectivity index (χ1) is 12.3. The van der Waals surface area contributed by atoms with E-state index in [1.54, 1.807) is 25.2 Å². The summed E-state index contributed by atoms with van der Waals surface area (Å²) in [5, 5.41) is 3.99. The molecular formula is C18H23ClN4O2S. The van der Waals surface area contributed by atoms with E-state index in [4.69, 9.17) is 11.6 Å². The second-order valence-corrected chi connectivity index (χ2v) is 8.08. The predicted molar refractivity (Wildman–Crippen MR) is 108 cm³/mol. The van der Waals surface area contributed by atoms with E-state index >= 15 is 0 Å². The van der Waals surface area contributed by atoms with Gasteiger partial charge in [-0.2, -0.15) is 0 Å². The van der Waals surface area contributed by atoms with Gasteiger partial charge in [-0.05, 0) is 29.3 Å². The maximum absolute atomic E-state index is 11.4. The summed E-state index contributed by atoms with van der Waals surface area (Å²) in [7, 11) is 0.349. The minimum Gasteiger partial charge on any atom is -0.352 e. The minimum absolute atomic E-state index is 0.513. The van der Waals surface area contributed by atoms with Crippen molar-refractivity contribution in [1.82, 2.24) is 10.2 Å². The zero-order valence-corrected chi connectivity index (χ0v) is 16.6. The van der Waals surface area contributed by atoms with Gasteiger partial charge in [-0.25, -0.2) is 8.42 Å². The highest BCUT2D eigenvalue weighted by Gasteiger charge is 2.09. The highest BCUT2D eigenvalue weighted by atomic mass is 35.5. The third kappa shape index (κ3) is 6.24. The number of aliphatic imine (C=N–C) groups is 1. The molecule has 0 spiro atoms. The molecule has 0 radical (unpaired) electrons. The molecule has 0 amide bonds. The molecule has 0 unspecified atom stereocenters. The molecule has 0 heterocycles. The topological polar surface area (TPSA) is 73.8 Å². The number of nitrogens with one attached hydrogen (secondary N) is 2. The van der Waals surface area contributed by atoms with E-state index in [0.29, 0.717) is 29.8 Å². The molecule has 0 atom stereocenters. The Hall–Kier alpha value is -2.25. The molecule has 0 aliphatic heterocycles. The van der Waals surface area contributed by atoms with Gasteiger partial charge < -0.3 is 10.2 Å². The SMILES string of the molecule is CN=C(NCc1cccc(NS(C)(=O)=O)c1)N(C)Cc1ccccc1Cl. The summed E-state index contributed by atoms with van der Waals surface area (Å²) in [4.78, 5) is 6.26. The average Bonchev–Trinajstić information content (AvgIpc) is 2.56. The van der Waals surface area contributed by atoms with Crippen LogP contribution in [0.5, 0.6) is 0 Å². The van der Waals surface area contributed by atoms with Crippen LogP contribution in [0.25, 0.3) is 0 Å². The Morgan fingerprint density at radius 1 is 1.19 bits per heavy atom. The molecule has 140 valence electrons. The van der Waals surface area contributed by atoms with E-state index < -0.39 is 10.0 Å². The van der Waals surface area contributed by atoms with E-state index in [1.165, 1.54) is 0 Å². The second-order valence-electron chi connectivity index (χ2n) is 5.92. The van der Waals surface area contributed by atoms with E-state index in [-0.39, 0.29) is 0 Å². The average molecular weight is 395 g/mol. The molecule has 2 rings (SSSR count). The molecule has 0 bridgehead atoms. The highest BCUT2D eigenvalue weighted by Crippen LogP contribution is 2.16. The Labute approximate surface area is 159 Å². The zero-order valence-electron chi connectivity index (χ0n) is 15.0. The summed E-state index contributed by atoms with van der Waals surface area (Å²) >= 11 is 6.22. The fourth-order valence-corrected chi connectivity index (χ4v) is 3.23. The van der Waals surface area contributed by atoms with Crippen LogP contribution in [0.15, 0.2) is 53.5 Å². The van der Waals surface area contributed by atoms with Crippen LogP contribution in [-0.2, 0) is 23.1 Å². The van der Waals surface area contributed by atoms with Crippen molar-refractivity contribution in [2.24, 2.45) is 4.99 Å². The quantitative estimate of drug-likeness (QED) is 0.583. The maximum Gasteiger partial charge on any atom is 0.229 e. The molecule has 0 fully saturated rings. The lowest BCUT2D eigenvalue weighted by molar-refractivity contribution is 0.476. The Morgan fingerprint density at radius 3 is 2.58 bits per heavy atom. The number of sulfonamides is 1. The summed E-state index contributed by atoms with van der Waals surface area (Å²) in [5.74, 6) is 0.714. The first-order valence-electron chi connectivity index (χ1n) is 8.00. The van der Waals surface area contributed by atoms with Gasteiger partial charge in [0, 0.05) is 37.9 Å². The standard InChI is InChI=1S/C18H23ClN4O2S/c1-20-18(23(2)13-15-8-4-5-10-17(15)19)21-12-14-7-6-9-16(11-14)22-26(3,24)25/h4-11,22H,12-13H2,1-3H3,(H,20,21). The van der Waals surface area contributed by atoms with Crippen LogP contribution < -0.4 is 10.0 Å². The third-order valence-electron chi connectivity index (χ3n) is 3.62. The van der Waals surface area contributed by atoms with Gasteiger partial charge in [0.1, 0.15) is 0 Å². The molecule has 26 heavy (non-hydrogen) atoms. The summed E-state index contributed by atoms with van der Waals surface area (Å²) in [6.45, 7) is 1.13. The lowest BCUT2D eigenvalue weighted by Gasteiger charge is -2.22. The first-order valence-corrected chi connectivity index (χ1v) is 10.3. The number of halogens is 1. The van der Waals surface area contributed by atoms with Crippen molar-refractivity contribution in [2.45, 2.75) is 13.1 Å². The zero-order chi connectivity index (χ0) is 19.2. The van der Waals surface area contributed by atoms with Gasteiger partial charge in [0.05, 0.1) is 6.26 Å². The van der Waals surface area contributed by atoms with Crippen molar-refractivity contribution < 1.29 is 8.42 Å². The number of nitrogens with zero attached hydrogens (tertiary/aromatic N) is 2. The number of hydrogen-bond donors (Lipinski definition) is 2. The Bertz CT molecular complexity index is 884. The predicted octanol–water partition coefficient (Wildman–Crippen LogP) is 2.92. The Morgan fingerprint density at radius 2 is 1.92 bits per heavy atom. The van der Waals surface area contributed by atoms with Crippen LogP contribution in [-0.4, -0.2) is 39.6 Å². The molecular weight excluding hydrogens is 372 g/mol. The number of benzene rings is 2. The molecule has 0 aromatic heterocycles. The van der Waals surface area contributed by atoms with Gasteiger partial charge in [0.25, 0.3) is 0 Å². The van der Waals surface area contributed by atoms with Gasteiger partial charge >= 0.3 is 0 Å². The molecule has 8 heteroatoms. The van der Waals surface area contributed by atoms with E-state index in [0.717, 1.165) is 17.4 Å². The summed E-state index contributed by atoms with van der Waals surface area (Å²) < 4.78 is 25.2. The number of guanidine groups is 1. The monoisotopic (exact) mass is 394 g/mol.